The number of nitrogens with one attached hydrogen (secondary N) is 1. The van der Waals surface area contributed by atoms with E-state index in [9.17, 15) is 19.5 Å². The Balaban J connectivity index is 1.54. The Morgan fingerprint density at radius 2 is 2.00 bits per heavy atom. The Morgan fingerprint density at radius 1 is 1.30 bits per heavy atom. The summed E-state index contributed by atoms with van der Waals surface area (Å²) >= 11 is 8.45. The molecule has 4 rings (SSSR count). The van der Waals surface area contributed by atoms with Gasteiger partial charge in [0.2, 0.25) is 11.8 Å². The second-order valence-electron chi connectivity index (χ2n) is 8.93. The lowest BCUT2D eigenvalue weighted by Gasteiger charge is -2.45. The van der Waals surface area contributed by atoms with Gasteiger partial charge in [0.05, 0.1) is 12.5 Å². The van der Waals surface area contributed by atoms with Crippen LogP contribution in [0.5, 0.6) is 0 Å². The molecule has 0 saturated carbocycles. The van der Waals surface area contributed by atoms with Crippen molar-refractivity contribution in [3.8, 4) is 0 Å². The number of β-lactam (4-membered cyclic amide) rings is 1. The molecule has 2 N–H and O–H groups in total. The molecule has 0 radical (unpaired) electrons. The van der Waals surface area contributed by atoms with Crippen molar-refractivity contribution in [2.45, 2.75) is 55.4 Å². The molecule has 8 nitrogen and oxygen atoms in total. The molecule has 4 atom stereocenters. The fourth-order valence-corrected chi connectivity index (χ4v) is 7.45. The van der Waals surface area contributed by atoms with Crippen molar-refractivity contribution in [2.75, 3.05) is 19.1 Å². The van der Waals surface area contributed by atoms with Gasteiger partial charge < -0.3 is 20.2 Å². The van der Waals surface area contributed by atoms with Crippen LogP contribution in [0.1, 0.15) is 38.8 Å². The average Bonchev–Trinajstić information content (AvgIpc) is 3.03. The molecule has 33 heavy (non-hydrogen) atoms. The molecule has 1 aromatic carbocycles. The van der Waals surface area contributed by atoms with Crippen molar-refractivity contribution in [2.24, 2.45) is 0 Å². The second-order valence-corrected chi connectivity index (χ2v) is 12.3. The standard InChI is InChI=1S/C22H28N4O4S3/c1-4-10-24-11-25(12-32-21(24)31)15(13-8-6-5-7-9-13)17(27)23-14-18(28)26-16(20(29)30)22(2,3)33-19(14)26/h5-9,14-16,19H,4,10-12H2,1-3H3,(H,23,27)(H,29,30)/t14-,15-,16?,19?/m1/s1. The van der Waals surface area contributed by atoms with E-state index in [1.165, 1.54) is 28.4 Å². The molecular formula is C22H28N4O4S3. The summed E-state index contributed by atoms with van der Waals surface area (Å²) in [4.78, 5) is 43.8. The highest BCUT2D eigenvalue weighted by Crippen LogP contribution is 2.50. The number of carboxylic acid groups (broad SMARTS) is 1. The summed E-state index contributed by atoms with van der Waals surface area (Å²) in [6, 6.07) is 7.29. The molecule has 3 aliphatic heterocycles. The lowest BCUT2D eigenvalue weighted by molar-refractivity contribution is -0.161. The third kappa shape index (κ3) is 4.48. The maximum absolute atomic E-state index is 13.6. The molecule has 2 amide bonds. The number of hydrogen-bond donors (Lipinski definition) is 2. The monoisotopic (exact) mass is 508 g/mol. The minimum atomic E-state index is -1.02. The first kappa shape index (κ1) is 24.3. The van der Waals surface area contributed by atoms with Crippen molar-refractivity contribution < 1.29 is 19.5 Å². The fourth-order valence-electron chi connectivity index (χ4n) is 4.68. The first-order chi connectivity index (χ1) is 15.7. The first-order valence-electron chi connectivity index (χ1n) is 10.9. The highest BCUT2D eigenvalue weighted by Gasteiger charge is 2.64. The van der Waals surface area contributed by atoms with Gasteiger partial charge in [-0.2, -0.15) is 0 Å². The van der Waals surface area contributed by atoms with E-state index in [0.717, 1.165) is 22.8 Å². The van der Waals surface area contributed by atoms with E-state index in [4.69, 9.17) is 12.2 Å². The van der Waals surface area contributed by atoms with Crippen LogP contribution in [0.25, 0.3) is 0 Å². The number of benzene rings is 1. The second kappa shape index (κ2) is 9.44. The summed E-state index contributed by atoms with van der Waals surface area (Å²) in [5, 5.41) is 12.2. The number of hydrogen-bond acceptors (Lipinski definition) is 7. The lowest BCUT2D eigenvalue weighted by Crippen LogP contribution is -2.71. The topological polar surface area (TPSA) is 93.2 Å². The SMILES string of the molecule is CCCN1CN([C@@H](C(=O)N[C@@H]2C(=O)N3C2SC(C)(C)C3C(=O)O)c2ccccc2)CSC1=S. The summed E-state index contributed by atoms with van der Waals surface area (Å²) < 4.78 is 0.194. The summed E-state index contributed by atoms with van der Waals surface area (Å²) in [6.45, 7) is 7.08. The van der Waals surface area contributed by atoms with E-state index in [1.807, 2.05) is 44.2 Å². The van der Waals surface area contributed by atoms with Gasteiger partial charge in [-0.25, -0.2) is 4.79 Å². The third-order valence-electron chi connectivity index (χ3n) is 6.16. The van der Waals surface area contributed by atoms with Crippen LogP contribution < -0.4 is 5.32 Å². The smallest absolute Gasteiger partial charge is 0.327 e. The predicted molar refractivity (Wildman–Crippen MR) is 134 cm³/mol. The van der Waals surface area contributed by atoms with Gasteiger partial charge >= 0.3 is 5.97 Å². The zero-order valence-electron chi connectivity index (χ0n) is 18.8. The van der Waals surface area contributed by atoms with Gasteiger partial charge in [0.15, 0.2) is 0 Å². The van der Waals surface area contributed by atoms with Crippen LogP contribution in [0.3, 0.4) is 0 Å². The third-order valence-corrected chi connectivity index (χ3v) is 9.31. The largest absolute Gasteiger partial charge is 0.480 e. The van der Waals surface area contributed by atoms with Crippen LogP contribution in [-0.4, -0.2) is 83.2 Å². The van der Waals surface area contributed by atoms with E-state index in [1.54, 1.807) is 0 Å². The normalized spacial score (nSPS) is 27.7. The number of thiocarbonyl (C=S) groups is 1. The molecule has 0 aliphatic carbocycles. The highest BCUT2D eigenvalue weighted by atomic mass is 32.2. The predicted octanol–water partition coefficient (Wildman–Crippen LogP) is 2.32. The van der Waals surface area contributed by atoms with E-state index >= 15 is 0 Å². The minimum Gasteiger partial charge on any atom is -0.480 e. The Bertz CT molecular complexity index is 960. The molecule has 0 aromatic heterocycles. The van der Waals surface area contributed by atoms with Crippen molar-refractivity contribution in [3.63, 3.8) is 0 Å². The van der Waals surface area contributed by atoms with Gasteiger partial charge in [-0.3, -0.25) is 14.5 Å². The Hall–Kier alpha value is -1.82. The van der Waals surface area contributed by atoms with Crippen molar-refractivity contribution in [1.82, 2.24) is 20.0 Å². The van der Waals surface area contributed by atoms with Crippen LogP contribution in [0, 0.1) is 0 Å². The molecule has 0 spiro atoms. The Morgan fingerprint density at radius 3 is 2.64 bits per heavy atom. The van der Waals surface area contributed by atoms with Crippen LogP contribution >= 0.6 is 35.7 Å². The molecule has 3 aliphatic rings. The van der Waals surface area contributed by atoms with Crippen LogP contribution in [0.2, 0.25) is 0 Å². The molecule has 0 bridgehead atoms. The number of carboxylic acids is 1. The van der Waals surface area contributed by atoms with Crippen molar-refractivity contribution in [1.29, 1.82) is 0 Å². The van der Waals surface area contributed by atoms with E-state index in [2.05, 4.69) is 22.0 Å². The van der Waals surface area contributed by atoms with Gasteiger partial charge in [-0.1, -0.05) is 61.2 Å². The molecular weight excluding hydrogens is 480 g/mol. The first-order valence-corrected chi connectivity index (χ1v) is 13.2. The summed E-state index contributed by atoms with van der Waals surface area (Å²) in [5.41, 5.74) is 0.839. The number of aliphatic carboxylic acids is 1. The molecule has 178 valence electrons. The van der Waals surface area contributed by atoms with E-state index in [0.29, 0.717) is 12.5 Å². The lowest BCUT2D eigenvalue weighted by atomic mass is 9.95. The Labute approximate surface area is 207 Å². The number of carbonyl (C=O) groups is 3. The average molecular weight is 509 g/mol. The quantitative estimate of drug-likeness (QED) is 0.425. The van der Waals surface area contributed by atoms with Crippen molar-refractivity contribution >= 4 is 57.8 Å². The van der Waals surface area contributed by atoms with Gasteiger partial charge in [-0.15, -0.1) is 11.8 Å². The molecule has 3 fully saturated rings. The number of thioether (sulfide) groups is 2. The van der Waals surface area contributed by atoms with E-state index < -0.39 is 28.8 Å². The minimum absolute atomic E-state index is 0.263. The van der Waals surface area contributed by atoms with Gasteiger partial charge in [0, 0.05) is 11.3 Å². The summed E-state index contributed by atoms with van der Waals surface area (Å²) in [5.74, 6) is -1.05. The maximum Gasteiger partial charge on any atom is 0.327 e. The van der Waals surface area contributed by atoms with Crippen LogP contribution in [0.4, 0.5) is 0 Å². The zero-order valence-corrected chi connectivity index (χ0v) is 21.2. The molecule has 11 heteroatoms. The van der Waals surface area contributed by atoms with Gasteiger partial charge in [0.25, 0.3) is 0 Å². The number of rotatable bonds is 7. The molecule has 2 unspecified atom stereocenters. The van der Waals surface area contributed by atoms with E-state index in [-0.39, 0.29) is 17.2 Å². The Kier molecular flexibility index (Phi) is 6.95. The van der Waals surface area contributed by atoms with Crippen molar-refractivity contribution in [3.05, 3.63) is 35.9 Å². The van der Waals surface area contributed by atoms with Gasteiger partial charge in [-0.05, 0) is 25.8 Å². The number of carbonyl (C=O) groups excluding carboxylic acids is 2. The number of fused-ring (bicyclic) bond motifs is 1. The molecule has 1 aromatic rings. The number of amides is 2. The summed E-state index contributed by atoms with van der Waals surface area (Å²) in [6.07, 6.45) is 0.947. The number of nitrogens with zero attached hydrogens (tertiary/aromatic N) is 3. The van der Waals surface area contributed by atoms with Crippen LogP contribution in [-0.2, 0) is 14.4 Å². The highest BCUT2D eigenvalue weighted by molar-refractivity contribution is 8.22. The zero-order chi connectivity index (χ0) is 23.9. The summed E-state index contributed by atoms with van der Waals surface area (Å²) in [7, 11) is 0. The van der Waals surface area contributed by atoms with Crippen LogP contribution in [0.15, 0.2) is 30.3 Å². The molecule has 3 saturated heterocycles. The molecule has 3 heterocycles. The maximum atomic E-state index is 13.6. The van der Waals surface area contributed by atoms with Gasteiger partial charge in [0.1, 0.15) is 27.8 Å². The fraction of sp³-hybridized carbons (Fsp3) is 0.545.